The van der Waals surface area contributed by atoms with E-state index >= 15 is 0 Å². The van der Waals surface area contributed by atoms with Crippen molar-refractivity contribution in [2.75, 3.05) is 18.5 Å². The van der Waals surface area contributed by atoms with Crippen LogP contribution in [0.4, 0.5) is 11.4 Å². The number of rotatable bonds is 6. The van der Waals surface area contributed by atoms with Crippen LogP contribution in [0.5, 0.6) is 5.75 Å². The molecule has 20 heavy (non-hydrogen) atoms. The van der Waals surface area contributed by atoms with Crippen LogP contribution in [0.15, 0.2) is 18.2 Å². The Balaban J connectivity index is 2.24. The Kier molecular flexibility index (Phi) is 4.79. The lowest BCUT2D eigenvalue weighted by molar-refractivity contribution is -0.385. The minimum Gasteiger partial charge on any atom is -0.487 e. The van der Waals surface area contributed by atoms with Crippen molar-refractivity contribution >= 4 is 11.4 Å². The second-order valence-corrected chi connectivity index (χ2v) is 4.87. The lowest BCUT2D eigenvalue weighted by Gasteiger charge is -2.18. The van der Waals surface area contributed by atoms with Crippen molar-refractivity contribution in [2.45, 2.75) is 38.8 Å². The van der Waals surface area contributed by atoms with Gasteiger partial charge in [-0.1, -0.05) is 13.0 Å². The molecule has 0 bridgehead atoms. The van der Waals surface area contributed by atoms with Crippen LogP contribution in [-0.2, 0) is 4.74 Å². The summed E-state index contributed by atoms with van der Waals surface area (Å²) >= 11 is 0. The Morgan fingerprint density at radius 3 is 2.95 bits per heavy atom. The van der Waals surface area contributed by atoms with Crippen molar-refractivity contribution in [2.24, 2.45) is 0 Å². The Hall–Kier alpha value is -1.82. The number of nitro groups is 1. The first-order valence-electron chi connectivity index (χ1n) is 6.91. The summed E-state index contributed by atoms with van der Waals surface area (Å²) in [7, 11) is 0. The zero-order chi connectivity index (χ0) is 14.5. The number of nitrogens with zero attached hydrogens (tertiary/aromatic N) is 1. The number of hydrogen-bond donors (Lipinski definition) is 1. The molecule has 0 aromatic heterocycles. The molecule has 1 saturated heterocycles. The summed E-state index contributed by atoms with van der Waals surface area (Å²) in [6, 6.07) is 5.20. The first-order valence-corrected chi connectivity index (χ1v) is 6.91. The fourth-order valence-electron chi connectivity index (χ4n) is 2.28. The Morgan fingerprint density at radius 2 is 2.35 bits per heavy atom. The number of para-hydroxylation sites is 1. The fraction of sp³-hybridized carbons (Fsp3) is 0.571. The summed E-state index contributed by atoms with van der Waals surface area (Å²) in [5.41, 5.74) is 0.492. The standard InChI is InChI=1S/C14H20N2O4/c1-3-8-20-13-6-4-5-12(14(13)16(17)18)15-11-7-9-19-10(11)2/h4-6,10-11,15H,3,7-9H2,1-2H3. The molecule has 1 fully saturated rings. The van der Waals surface area contributed by atoms with Gasteiger partial charge in [-0.05, 0) is 31.9 Å². The van der Waals surface area contributed by atoms with Crippen LogP contribution in [-0.4, -0.2) is 30.3 Å². The molecule has 0 saturated carbocycles. The van der Waals surface area contributed by atoms with Gasteiger partial charge in [-0.15, -0.1) is 0 Å². The van der Waals surface area contributed by atoms with E-state index in [1.807, 2.05) is 13.8 Å². The predicted octanol–water partition coefficient (Wildman–Crippen LogP) is 2.97. The van der Waals surface area contributed by atoms with Crippen LogP contribution >= 0.6 is 0 Å². The molecule has 1 aliphatic rings. The van der Waals surface area contributed by atoms with Crippen LogP contribution in [0, 0.1) is 10.1 Å². The van der Waals surface area contributed by atoms with E-state index < -0.39 is 4.92 Å². The molecular weight excluding hydrogens is 260 g/mol. The topological polar surface area (TPSA) is 73.6 Å². The van der Waals surface area contributed by atoms with E-state index in [4.69, 9.17) is 9.47 Å². The second kappa shape index (κ2) is 6.56. The third-order valence-electron chi connectivity index (χ3n) is 3.36. The molecule has 0 amide bonds. The first kappa shape index (κ1) is 14.6. The molecule has 2 unspecified atom stereocenters. The van der Waals surface area contributed by atoms with Crippen molar-refractivity contribution in [3.63, 3.8) is 0 Å². The summed E-state index contributed by atoms with van der Waals surface area (Å²) < 4.78 is 10.9. The maximum atomic E-state index is 11.3. The monoisotopic (exact) mass is 280 g/mol. The van der Waals surface area contributed by atoms with Crippen LogP contribution in [0.3, 0.4) is 0 Å². The molecule has 6 heteroatoms. The second-order valence-electron chi connectivity index (χ2n) is 4.87. The maximum Gasteiger partial charge on any atom is 0.333 e. The lowest BCUT2D eigenvalue weighted by Crippen LogP contribution is -2.27. The van der Waals surface area contributed by atoms with Gasteiger partial charge in [-0.2, -0.15) is 0 Å². The molecule has 1 heterocycles. The Labute approximate surface area is 118 Å². The molecule has 1 aliphatic heterocycles. The quantitative estimate of drug-likeness (QED) is 0.640. The van der Waals surface area contributed by atoms with E-state index in [0.29, 0.717) is 24.7 Å². The third-order valence-corrected chi connectivity index (χ3v) is 3.36. The largest absolute Gasteiger partial charge is 0.487 e. The van der Waals surface area contributed by atoms with Gasteiger partial charge in [0.15, 0.2) is 5.75 Å². The highest BCUT2D eigenvalue weighted by atomic mass is 16.6. The van der Waals surface area contributed by atoms with E-state index in [2.05, 4.69) is 5.32 Å². The van der Waals surface area contributed by atoms with Crippen LogP contribution < -0.4 is 10.1 Å². The zero-order valence-electron chi connectivity index (χ0n) is 11.8. The van der Waals surface area contributed by atoms with Gasteiger partial charge in [0.1, 0.15) is 5.69 Å². The zero-order valence-corrected chi connectivity index (χ0v) is 11.8. The number of nitro benzene ring substituents is 1. The molecule has 110 valence electrons. The average Bonchev–Trinajstić information content (AvgIpc) is 2.81. The van der Waals surface area contributed by atoms with E-state index in [-0.39, 0.29) is 17.8 Å². The maximum absolute atomic E-state index is 11.3. The summed E-state index contributed by atoms with van der Waals surface area (Å²) in [6.07, 6.45) is 1.70. The molecule has 1 aromatic carbocycles. The molecule has 1 N–H and O–H groups in total. The smallest absolute Gasteiger partial charge is 0.333 e. The van der Waals surface area contributed by atoms with E-state index in [1.54, 1.807) is 18.2 Å². The number of hydrogen-bond acceptors (Lipinski definition) is 5. The lowest BCUT2D eigenvalue weighted by atomic mass is 10.1. The molecule has 2 rings (SSSR count). The summed E-state index contributed by atoms with van der Waals surface area (Å²) in [6.45, 7) is 5.07. The van der Waals surface area contributed by atoms with Gasteiger partial charge in [0.2, 0.25) is 0 Å². The van der Waals surface area contributed by atoms with Crippen molar-refractivity contribution in [3.8, 4) is 5.75 Å². The van der Waals surface area contributed by atoms with Gasteiger partial charge in [0, 0.05) is 6.61 Å². The summed E-state index contributed by atoms with van der Waals surface area (Å²) in [5, 5.41) is 14.5. The Morgan fingerprint density at radius 1 is 1.55 bits per heavy atom. The van der Waals surface area contributed by atoms with Gasteiger partial charge in [-0.3, -0.25) is 10.1 Å². The molecule has 2 atom stereocenters. The van der Waals surface area contributed by atoms with Crippen LogP contribution in [0.2, 0.25) is 0 Å². The summed E-state index contributed by atoms with van der Waals surface area (Å²) in [5.74, 6) is 0.313. The fourth-order valence-corrected chi connectivity index (χ4v) is 2.28. The minimum atomic E-state index is -0.395. The van der Waals surface area contributed by atoms with Gasteiger partial charge < -0.3 is 14.8 Å². The number of nitrogens with one attached hydrogen (secondary N) is 1. The third kappa shape index (κ3) is 3.19. The predicted molar refractivity (Wildman–Crippen MR) is 76.3 cm³/mol. The summed E-state index contributed by atoms with van der Waals surface area (Å²) in [4.78, 5) is 10.9. The van der Waals surface area contributed by atoms with Crippen molar-refractivity contribution in [3.05, 3.63) is 28.3 Å². The molecule has 6 nitrogen and oxygen atoms in total. The van der Waals surface area contributed by atoms with Gasteiger partial charge in [-0.25, -0.2) is 0 Å². The van der Waals surface area contributed by atoms with Crippen molar-refractivity contribution < 1.29 is 14.4 Å². The van der Waals surface area contributed by atoms with Crippen molar-refractivity contribution in [1.82, 2.24) is 0 Å². The SMILES string of the molecule is CCCOc1cccc(NC2CCOC2C)c1[N+](=O)[O-]. The normalized spacial score (nSPS) is 21.7. The molecule has 0 spiro atoms. The van der Waals surface area contributed by atoms with Crippen LogP contribution in [0.1, 0.15) is 26.7 Å². The van der Waals surface area contributed by atoms with E-state index in [1.165, 1.54) is 0 Å². The highest BCUT2D eigenvalue weighted by molar-refractivity contribution is 5.68. The van der Waals surface area contributed by atoms with Gasteiger partial charge >= 0.3 is 5.69 Å². The molecule has 0 aliphatic carbocycles. The van der Waals surface area contributed by atoms with E-state index in [9.17, 15) is 10.1 Å². The van der Waals surface area contributed by atoms with Gasteiger partial charge in [0.25, 0.3) is 0 Å². The van der Waals surface area contributed by atoms with Crippen molar-refractivity contribution in [1.29, 1.82) is 0 Å². The molecular formula is C14H20N2O4. The van der Waals surface area contributed by atoms with E-state index in [0.717, 1.165) is 12.8 Å². The average molecular weight is 280 g/mol. The molecule has 1 aromatic rings. The number of benzene rings is 1. The number of ether oxygens (including phenoxy) is 2. The Bertz CT molecular complexity index is 478. The number of anilines is 1. The van der Waals surface area contributed by atoms with Crippen LogP contribution in [0.25, 0.3) is 0 Å². The molecule has 0 radical (unpaired) electrons. The van der Waals surface area contributed by atoms with Gasteiger partial charge in [0.05, 0.1) is 23.7 Å². The highest BCUT2D eigenvalue weighted by Gasteiger charge is 2.28. The first-order chi connectivity index (χ1) is 9.63. The minimum absolute atomic E-state index is 0.0000463. The highest BCUT2D eigenvalue weighted by Crippen LogP contribution is 2.36.